The average Bonchev–Trinajstić information content (AvgIpc) is 2.82. The minimum atomic E-state index is 0.297. The average molecular weight is 230 g/mol. The molecule has 0 N–H and O–H groups in total. The molecule has 0 saturated heterocycles. The Balaban J connectivity index is 2.04. The summed E-state index contributed by atoms with van der Waals surface area (Å²) in [5.74, 6) is 1.33. The zero-order chi connectivity index (χ0) is 12.3. The molecule has 0 unspecified atom stereocenters. The van der Waals surface area contributed by atoms with Crippen LogP contribution in [0, 0.1) is 11.8 Å². The molecule has 92 valence electrons. The van der Waals surface area contributed by atoms with Crippen LogP contribution in [0.25, 0.3) is 0 Å². The van der Waals surface area contributed by atoms with Crippen molar-refractivity contribution in [2.45, 2.75) is 46.0 Å². The molecular formula is C16H22O. The van der Waals surface area contributed by atoms with Gasteiger partial charge in [-0.3, -0.25) is 4.79 Å². The third-order valence-corrected chi connectivity index (χ3v) is 3.61. The van der Waals surface area contributed by atoms with Crippen molar-refractivity contribution in [1.29, 1.82) is 0 Å². The van der Waals surface area contributed by atoms with Gasteiger partial charge in [-0.2, -0.15) is 0 Å². The fourth-order valence-electron chi connectivity index (χ4n) is 2.70. The van der Waals surface area contributed by atoms with Crippen LogP contribution in [-0.4, -0.2) is 5.78 Å². The Morgan fingerprint density at radius 3 is 2.29 bits per heavy atom. The van der Waals surface area contributed by atoms with Crippen molar-refractivity contribution in [2.24, 2.45) is 11.8 Å². The number of hydrogen-bond donors (Lipinski definition) is 0. The summed E-state index contributed by atoms with van der Waals surface area (Å²) in [4.78, 5) is 12.2. The van der Waals surface area contributed by atoms with E-state index in [1.165, 1.54) is 18.4 Å². The van der Waals surface area contributed by atoms with Gasteiger partial charge in [0.15, 0.2) is 5.78 Å². The molecule has 0 spiro atoms. The van der Waals surface area contributed by atoms with Gasteiger partial charge in [-0.15, -0.1) is 0 Å². The monoisotopic (exact) mass is 230 g/mol. The van der Waals surface area contributed by atoms with Crippen molar-refractivity contribution in [3.8, 4) is 0 Å². The summed E-state index contributed by atoms with van der Waals surface area (Å²) in [6.45, 7) is 4.44. The first-order valence-corrected chi connectivity index (χ1v) is 6.80. The quantitative estimate of drug-likeness (QED) is 0.706. The lowest BCUT2D eigenvalue weighted by atomic mass is 9.94. The molecule has 2 rings (SSSR count). The van der Waals surface area contributed by atoms with Gasteiger partial charge < -0.3 is 0 Å². The molecule has 1 nitrogen and oxygen atoms in total. The topological polar surface area (TPSA) is 17.1 Å². The van der Waals surface area contributed by atoms with Crippen LogP contribution in [0.3, 0.4) is 0 Å². The summed E-state index contributed by atoms with van der Waals surface area (Å²) in [5.41, 5.74) is 2.24. The predicted molar refractivity (Wildman–Crippen MR) is 71.3 cm³/mol. The minimum absolute atomic E-state index is 0.297. The van der Waals surface area contributed by atoms with Crippen LogP contribution in [-0.2, 0) is 6.42 Å². The van der Waals surface area contributed by atoms with Crippen molar-refractivity contribution in [1.82, 2.24) is 0 Å². The van der Waals surface area contributed by atoms with Crippen molar-refractivity contribution in [2.75, 3.05) is 0 Å². The van der Waals surface area contributed by atoms with E-state index in [9.17, 15) is 4.79 Å². The molecule has 1 aliphatic carbocycles. The summed E-state index contributed by atoms with van der Waals surface area (Å²) in [5, 5.41) is 0. The molecule has 0 radical (unpaired) electrons. The Bertz CT molecular complexity index is 369. The molecule has 0 aliphatic heterocycles. The lowest BCUT2D eigenvalue weighted by molar-refractivity contribution is 0.0923. The van der Waals surface area contributed by atoms with Crippen LogP contribution < -0.4 is 0 Å². The second kappa shape index (κ2) is 5.48. The molecule has 0 aromatic heterocycles. The third-order valence-electron chi connectivity index (χ3n) is 3.61. The van der Waals surface area contributed by atoms with E-state index in [0.717, 1.165) is 24.8 Å². The Labute approximate surface area is 104 Å². The number of rotatable bonds is 4. The normalized spacial score (nSPS) is 16.6. The molecule has 1 aliphatic rings. The van der Waals surface area contributed by atoms with E-state index in [1.54, 1.807) is 0 Å². The highest BCUT2D eigenvalue weighted by molar-refractivity contribution is 5.98. The first-order chi connectivity index (χ1) is 8.16. The van der Waals surface area contributed by atoms with Gasteiger partial charge in [0.2, 0.25) is 0 Å². The maximum Gasteiger partial charge on any atom is 0.165 e. The second-order valence-electron chi connectivity index (χ2n) is 5.64. The second-order valence-corrected chi connectivity index (χ2v) is 5.64. The molecule has 1 saturated carbocycles. The molecule has 0 atom stereocenters. The zero-order valence-corrected chi connectivity index (χ0v) is 10.9. The maximum absolute atomic E-state index is 12.2. The number of carbonyl (C=O) groups excluding carboxylic acids is 1. The number of ketones is 1. The van der Waals surface area contributed by atoms with Crippen molar-refractivity contribution >= 4 is 5.78 Å². The van der Waals surface area contributed by atoms with Gasteiger partial charge in [0, 0.05) is 11.5 Å². The number of hydrogen-bond acceptors (Lipinski definition) is 1. The highest BCUT2D eigenvalue weighted by atomic mass is 16.1. The molecule has 1 heteroatoms. The largest absolute Gasteiger partial charge is 0.294 e. The SMILES string of the molecule is CC(C)Cc1ccc(C(=O)C2CCCC2)cc1. The lowest BCUT2D eigenvalue weighted by Crippen LogP contribution is -2.10. The van der Waals surface area contributed by atoms with E-state index in [-0.39, 0.29) is 0 Å². The molecule has 1 aromatic rings. The smallest absolute Gasteiger partial charge is 0.165 e. The van der Waals surface area contributed by atoms with Crippen molar-refractivity contribution in [3.05, 3.63) is 35.4 Å². The van der Waals surface area contributed by atoms with Crippen LogP contribution >= 0.6 is 0 Å². The van der Waals surface area contributed by atoms with Crippen LogP contribution in [0.2, 0.25) is 0 Å². The third kappa shape index (κ3) is 3.18. The number of carbonyl (C=O) groups is 1. The summed E-state index contributed by atoms with van der Waals surface area (Å²) in [6, 6.07) is 8.25. The fourth-order valence-corrected chi connectivity index (χ4v) is 2.70. The van der Waals surface area contributed by atoms with Crippen molar-refractivity contribution < 1.29 is 4.79 Å². The number of Topliss-reactive ketones (excluding diaryl/α,β-unsaturated/α-hetero) is 1. The van der Waals surface area contributed by atoms with E-state index < -0.39 is 0 Å². The highest BCUT2D eigenvalue weighted by Crippen LogP contribution is 2.28. The van der Waals surface area contributed by atoms with Gasteiger partial charge in [0.1, 0.15) is 0 Å². The van der Waals surface area contributed by atoms with E-state index in [0.29, 0.717) is 17.6 Å². The van der Waals surface area contributed by atoms with Gasteiger partial charge in [0.25, 0.3) is 0 Å². The molecule has 17 heavy (non-hydrogen) atoms. The molecule has 1 fully saturated rings. The maximum atomic E-state index is 12.2. The highest BCUT2D eigenvalue weighted by Gasteiger charge is 2.23. The molecule has 0 amide bonds. The minimum Gasteiger partial charge on any atom is -0.294 e. The standard InChI is InChI=1S/C16H22O/c1-12(2)11-13-7-9-15(10-8-13)16(17)14-5-3-4-6-14/h7-10,12,14H,3-6,11H2,1-2H3. The van der Waals surface area contributed by atoms with E-state index in [1.807, 2.05) is 12.1 Å². The summed E-state index contributed by atoms with van der Waals surface area (Å²) < 4.78 is 0. The molecule has 0 heterocycles. The number of benzene rings is 1. The van der Waals surface area contributed by atoms with Gasteiger partial charge in [0.05, 0.1) is 0 Å². The Morgan fingerprint density at radius 1 is 1.18 bits per heavy atom. The summed E-state index contributed by atoms with van der Waals surface area (Å²) >= 11 is 0. The fraction of sp³-hybridized carbons (Fsp3) is 0.562. The Hall–Kier alpha value is -1.11. The first-order valence-electron chi connectivity index (χ1n) is 6.80. The molecular weight excluding hydrogens is 208 g/mol. The van der Waals surface area contributed by atoms with Crippen LogP contribution in [0.5, 0.6) is 0 Å². The van der Waals surface area contributed by atoms with Gasteiger partial charge in [-0.1, -0.05) is 51.0 Å². The molecule has 0 bridgehead atoms. The first kappa shape index (κ1) is 12.3. The van der Waals surface area contributed by atoms with E-state index in [4.69, 9.17) is 0 Å². The summed E-state index contributed by atoms with van der Waals surface area (Å²) in [6.07, 6.45) is 5.72. The van der Waals surface area contributed by atoms with Crippen molar-refractivity contribution in [3.63, 3.8) is 0 Å². The Morgan fingerprint density at radius 2 is 1.76 bits per heavy atom. The molecule has 1 aromatic carbocycles. The van der Waals surface area contributed by atoms with E-state index >= 15 is 0 Å². The summed E-state index contributed by atoms with van der Waals surface area (Å²) in [7, 11) is 0. The Kier molecular flexibility index (Phi) is 3.98. The van der Waals surface area contributed by atoms with Crippen LogP contribution in [0.4, 0.5) is 0 Å². The van der Waals surface area contributed by atoms with Crippen LogP contribution in [0.15, 0.2) is 24.3 Å². The lowest BCUT2D eigenvalue weighted by Gasteiger charge is -2.09. The van der Waals surface area contributed by atoms with Gasteiger partial charge >= 0.3 is 0 Å². The van der Waals surface area contributed by atoms with Gasteiger partial charge in [-0.25, -0.2) is 0 Å². The van der Waals surface area contributed by atoms with Gasteiger partial charge in [-0.05, 0) is 30.7 Å². The van der Waals surface area contributed by atoms with E-state index in [2.05, 4.69) is 26.0 Å². The van der Waals surface area contributed by atoms with Crippen LogP contribution in [0.1, 0.15) is 55.5 Å². The predicted octanol–water partition coefficient (Wildman–Crippen LogP) is 4.26. The zero-order valence-electron chi connectivity index (χ0n) is 10.9.